The Labute approximate surface area is 142 Å². The smallest absolute Gasteiger partial charge is 0.255 e. The summed E-state index contributed by atoms with van der Waals surface area (Å²) in [5.41, 5.74) is 4.50. The summed E-state index contributed by atoms with van der Waals surface area (Å²) in [5, 5.41) is 2.89. The lowest BCUT2D eigenvalue weighted by Gasteiger charge is -2.16. The van der Waals surface area contributed by atoms with Crippen molar-refractivity contribution in [3.05, 3.63) is 64.7 Å². The normalized spacial score (nSPS) is 13.1. The van der Waals surface area contributed by atoms with Gasteiger partial charge in [0.05, 0.1) is 0 Å². The molecule has 24 heavy (non-hydrogen) atoms. The highest BCUT2D eigenvalue weighted by atomic mass is 16.2. The van der Waals surface area contributed by atoms with Crippen LogP contribution in [0.15, 0.2) is 42.5 Å². The number of carbonyl (C=O) groups is 2. The van der Waals surface area contributed by atoms with E-state index in [1.54, 1.807) is 38.4 Å². The molecule has 1 aliphatic rings. The van der Waals surface area contributed by atoms with E-state index in [4.69, 9.17) is 0 Å². The van der Waals surface area contributed by atoms with Crippen molar-refractivity contribution < 1.29 is 9.59 Å². The molecule has 0 saturated carbocycles. The molecule has 0 fully saturated rings. The minimum Gasteiger partial charge on any atom is -0.345 e. The number of benzene rings is 2. The van der Waals surface area contributed by atoms with E-state index >= 15 is 0 Å². The molecule has 0 unspecified atom stereocenters. The number of nitrogens with zero attached hydrogens (tertiary/aromatic N) is 1. The number of hydrogen-bond acceptors (Lipinski definition) is 2. The van der Waals surface area contributed by atoms with Crippen molar-refractivity contribution in [2.45, 2.75) is 25.7 Å². The van der Waals surface area contributed by atoms with Gasteiger partial charge < -0.3 is 10.2 Å². The monoisotopic (exact) mass is 322 g/mol. The number of fused-ring (bicyclic) bond motifs is 1. The SMILES string of the molecule is CN(C)C(=O)c1cccc(NC(=O)c2ccc3c(c2)CCCC3)c1. The second-order valence-corrected chi connectivity index (χ2v) is 6.43. The number of hydrogen-bond donors (Lipinski definition) is 1. The summed E-state index contributed by atoms with van der Waals surface area (Å²) in [4.78, 5) is 26.1. The van der Waals surface area contributed by atoms with Crippen molar-refractivity contribution in [2.24, 2.45) is 0 Å². The van der Waals surface area contributed by atoms with E-state index in [-0.39, 0.29) is 11.8 Å². The van der Waals surface area contributed by atoms with Gasteiger partial charge in [0.2, 0.25) is 0 Å². The first-order valence-corrected chi connectivity index (χ1v) is 8.29. The van der Waals surface area contributed by atoms with Gasteiger partial charge in [0, 0.05) is 30.9 Å². The molecule has 1 N–H and O–H groups in total. The number of aryl methyl sites for hydroxylation is 2. The predicted octanol–water partition coefficient (Wildman–Crippen LogP) is 3.52. The van der Waals surface area contributed by atoms with E-state index in [2.05, 4.69) is 11.4 Å². The highest BCUT2D eigenvalue weighted by Gasteiger charge is 2.14. The van der Waals surface area contributed by atoms with Crippen molar-refractivity contribution in [2.75, 3.05) is 19.4 Å². The molecule has 3 rings (SSSR count). The standard InChI is InChI=1S/C20H22N2O2/c1-22(2)20(24)17-8-5-9-18(13-17)21-19(23)16-11-10-14-6-3-4-7-15(14)12-16/h5,8-13H,3-4,6-7H2,1-2H3,(H,21,23). The van der Waals surface area contributed by atoms with Gasteiger partial charge in [0.1, 0.15) is 0 Å². The molecule has 0 saturated heterocycles. The Morgan fingerprint density at radius 2 is 1.67 bits per heavy atom. The Morgan fingerprint density at radius 1 is 0.917 bits per heavy atom. The zero-order chi connectivity index (χ0) is 17.1. The number of amides is 2. The fourth-order valence-corrected chi connectivity index (χ4v) is 3.07. The van der Waals surface area contributed by atoms with Gasteiger partial charge in [0.15, 0.2) is 0 Å². The Kier molecular flexibility index (Phi) is 4.65. The van der Waals surface area contributed by atoms with Gasteiger partial charge in [-0.1, -0.05) is 12.1 Å². The van der Waals surface area contributed by atoms with Crippen molar-refractivity contribution in [1.29, 1.82) is 0 Å². The number of anilines is 1. The molecule has 4 nitrogen and oxygen atoms in total. The van der Waals surface area contributed by atoms with Crippen LogP contribution in [0.1, 0.15) is 44.7 Å². The summed E-state index contributed by atoms with van der Waals surface area (Å²) >= 11 is 0. The summed E-state index contributed by atoms with van der Waals surface area (Å²) in [5.74, 6) is -0.224. The molecule has 0 heterocycles. The van der Waals surface area contributed by atoms with Gasteiger partial charge in [-0.2, -0.15) is 0 Å². The third-order valence-corrected chi connectivity index (χ3v) is 4.38. The van der Waals surface area contributed by atoms with Gasteiger partial charge in [-0.15, -0.1) is 0 Å². The first kappa shape index (κ1) is 16.2. The van der Waals surface area contributed by atoms with Crippen LogP contribution in [-0.2, 0) is 12.8 Å². The van der Waals surface area contributed by atoms with Crippen LogP contribution in [-0.4, -0.2) is 30.8 Å². The van der Waals surface area contributed by atoms with E-state index in [0.29, 0.717) is 16.8 Å². The molecule has 0 bridgehead atoms. The van der Waals surface area contributed by atoms with E-state index < -0.39 is 0 Å². The second kappa shape index (κ2) is 6.87. The fourth-order valence-electron chi connectivity index (χ4n) is 3.07. The molecule has 2 aromatic rings. The molecule has 1 aliphatic carbocycles. The molecule has 0 radical (unpaired) electrons. The highest BCUT2D eigenvalue weighted by Crippen LogP contribution is 2.23. The molecule has 0 spiro atoms. The summed E-state index contributed by atoms with van der Waals surface area (Å²) in [6, 6.07) is 13.0. The third-order valence-electron chi connectivity index (χ3n) is 4.38. The Hall–Kier alpha value is -2.62. The van der Waals surface area contributed by atoms with Crippen LogP contribution in [0.2, 0.25) is 0 Å². The molecule has 0 atom stereocenters. The van der Waals surface area contributed by atoms with Gasteiger partial charge in [-0.25, -0.2) is 0 Å². The predicted molar refractivity (Wildman–Crippen MR) is 95.5 cm³/mol. The van der Waals surface area contributed by atoms with Crippen LogP contribution < -0.4 is 5.32 Å². The Morgan fingerprint density at radius 3 is 2.42 bits per heavy atom. The molecule has 0 aromatic heterocycles. The number of rotatable bonds is 3. The van der Waals surface area contributed by atoms with E-state index in [9.17, 15) is 9.59 Å². The van der Waals surface area contributed by atoms with Crippen LogP contribution in [0.25, 0.3) is 0 Å². The van der Waals surface area contributed by atoms with E-state index in [0.717, 1.165) is 12.8 Å². The lowest BCUT2D eigenvalue weighted by Crippen LogP contribution is -2.22. The van der Waals surface area contributed by atoms with Crippen LogP contribution in [0, 0.1) is 0 Å². The van der Waals surface area contributed by atoms with Crippen molar-refractivity contribution in [1.82, 2.24) is 4.90 Å². The fraction of sp³-hybridized carbons (Fsp3) is 0.300. The largest absolute Gasteiger partial charge is 0.345 e. The topological polar surface area (TPSA) is 49.4 Å². The minimum atomic E-state index is -0.141. The third kappa shape index (κ3) is 3.48. The van der Waals surface area contributed by atoms with Crippen LogP contribution in [0.5, 0.6) is 0 Å². The molecule has 4 heteroatoms. The van der Waals surface area contributed by atoms with Crippen LogP contribution >= 0.6 is 0 Å². The first-order valence-electron chi connectivity index (χ1n) is 8.29. The van der Waals surface area contributed by atoms with Gasteiger partial charge in [0.25, 0.3) is 11.8 Å². The lowest BCUT2D eigenvalue weighted by molar-refractivity contribution is 0.0827. The summed E-state index contributed by atoms with van der Waals surface area (Å²) in [6.45, 7) is 0. The van der Waals surface area contributed by atoms with E-state index in [1.165, 1.54) is 28.9 Å². The highest BCUT2D eigenvalue weighted by molar-refractivity contribution is 6.05. The van der Waals surface area contributed by atoms with Crippen molar-refractivity contribution in [3.63, 3.8) is 0 Å². The van der Waals surface area contributed by atoms with Gasteiger partial charge in [-0.3, -0.25) is 9.59 Å². The zero-order valence-electron chi connectivity index (χ0n) is 14.1. The number of nitrogens with one attached hydrogen (secondary N) is 1. The molecule has 0 aliphatic heterocycles. The second-order valence-electron chi connectivity index (χ2n) is 6.43. The minimum absolute atomic E-state index is 0.0834. The number of carbonyl (C=O) groups excluding carboxylic acids is 2. The zero-order valence-corrected chi connectivity index (χ0v) is 14.1. The molecular weight excluding hydrogens is 300 g/mol. The van der Waals surface area contributed by atoms with Crippen LogP contribution in [0.4, 0.5) is 5.69 Å². The maximum absolute atomic E-state index is 12.5. The average Bonchev–Trinajstić information content (AvgIpc) is 2.60. The maximum Gasteiger partial charge on any atom is 0.255 e. The van der Waals surface area contributed by atoms with Crippen LogP contribution in [0.3, 0.4) is 0 Å². The quantitative estimate of drug-likeness (QED) is 0.940. The lowest BCUT2D eigenvalue weighted by atomic mass is 9.90. The maximum atomic E-state index is 12.5. The first-order chi connectivity index (χ1) is 11.5. The summed E-state index contributed by atoms with van der Waals surface area (Å²) in [7, 11) is 3.42. The molecule has 2 aromatic carbocycles. The van der Waals surface area contributed by atoms with Gasteiger partial charge >= 0.3 is 0 Å². The van der Waals surface area contributed by atoms with Crippen molar-refractivity contribution >= 4 is 17.5 Å². The summed E-state index contributed by atoms with van der Waals surface area (Å²) in [6.07, 6.45) is 4.56. The van der Waals surface area contributed by atoms with Gasteiger partial charge in [-0.05, 0) is 67.1 Å². The van der Waals surface area contributed by atoms with E-state index in [1.807, 2.05) is 12.1 Å². The Balaban J connectivity index is 1.77. The molecule has 124 valence electrons. The van der Waals surface area contributed by atoms with Crippen molar-refractivity contribution in [3.8, 4) is 0 Å². The molecule has 2 amide bonds. The average molecular weight is 322 g/mol. The summed E-state index contributed by atoms with van der Waals surface area (Å²) < 4.78 is 0. The Bertz CT molecular complexity index is 781. The molecular formula is C20H22N2O2.